The molecule has 3 aromatic rings. The third-order valence-corrected chi connectivity index (χ3v) is 7.59. The highest BCUT2D eigenvalue weighted by atomic mass is 16.2. The predicted octanol–water partition coefficient (Wildman–Crippen LogP) is 3.50. The fraction of sp³-hybridized carbons (Fsp3) is 0.500. The van der Waals surface area contributed by atoms with Crippen molar-refractivity contribution in [1.29, 1.82) is 0 Å². The Morgan fingerprint density at radius 2 is 1.94 bits per heavy atom. The Balaban J connectivity index is 1.27. The normalized spacial score (nSPS) is 19.8. The Morgan fingerprint density at radius 3 is 2.62 bits per heavy atom. The van der Waals surface area contributed by atoms with Crippen molar-refractivity contribution in [3.05, 3.63) is 47.9 Å². The van der Waals surface area contributed by atoms with E-state index in [-0.39, 0.29) is 23.3 Å². The van der Waals surface area contributed by atoms with Gasteiger partial charge in [0.15, 0.2) is 5.69 Å². The number of benzene rings is 1. The smallest absolute Gasteiger partial charge is 0.276 e. The van der Waals surface area contributed by atoms with Crippen molar-refractivity contribution in [2.45, 2.75) is 45.6 Å². The van der Waals surface area contributed by atoms with Gasteiger partial charge in [-0.2, -0.15) is 0 Å². The fourth-order valence-electron chi connectivity index (χ4n) is 5.48. The zero-order valence-corrected chi connectivity index (χ0v) is 18.8. The number of aromatic amines is 1. The summed E-state index contributed by atoms with van der Waals surface area (Å²) in [7, 11) is 0. The minimum absolute atomic E-state index is 0.0611. The number of rotatable bonds is 5. The molecular formula is C24H30N6O2. The van der Waals surface area contributed by atoms with Gasteiger partial charge in [-0.25, -0.2) is 4.68 Å². The Hall–Kier alpha value is -3.16. The van der Waals surface area contributed by atoms with Gasteiger partial charge in [-0.05, 0) is 63.1 Å². The van der Waals surface area contributed by atoms with Crippen molar-refractivity contribution in [2.24, 2.45) is 5.41 Å². The average Bonchev–Trinajstić information content (AvgIpc) is 3.48. The minimum atomic E-state index is -0.0611. The van der Waals surface area contributed by atoms with Gasteiger partial charge in [0.1, 0.15) is 0 Å². The summed E-state index contributed by atoms with van der Waals surface area (Å²) >= 11 is 0. The molecule has 2 amide bonds. The Morgan fingerprint density at radius 1 is 1.16 bits per heavy atom. The molecule has 1 aromatic carbocycles. The number of hydrogen-bond acceptors (Lipinski definition) is 4. The first kappa shape index (κ1) is 20.7. The number of nitrogens with one attached hydrogen (secondary N) is 1. The van der Waals surface area contributed by atoms with Gasteiger partial charge in [0.05, 0.1) is 12.2 Å². The van der Waals surface area contributed by atoms with Crippen LogP contribution in [0.15, 0.2) is 36.7 Å². The molecule has 1 aliphatic heterocycles. The molecular weight excluding hydrogens is 404 g/mol. The van der Waals surface area contributed by atoms with Gasteiger partial charge in [0, 0.05) is 48.8 Å². The molecule has 1 saturated heterocycles. The molecule has 1 atom stereocenters. The first-order valence-electron chi connectivity index (χ1n) is 11.6. The van der Waals surface area contributed by atoms with Crippen molar-refractivity contribution in [1.82, 2.24) is 29.8 Å². The molecule has 0 radical (unpaired) electrons. The van der Waals surface area contributed by atoms with Crippen LogP contribution < -0.4 is 0 Å². The van der Waals surface area contributed by atoms with Crippen LogP contribution in [0.2, 0.25) is 0 Å². The van der Waals surface area contributed by atoms with Crippen LogP contribution in [0, 0.1) is 5.41 Å². The number of aromatic nitrogens is 4. The quantitative estimate of drug-likeness (QED) is 0.666. The third kappa shape index (κ3) is 3.29. The standard InChI is InChI=1S/C24H30N6O2/c1-3-28(4-2)23(32)20-16-30(27-26-20)21-8-10-24(21)11-14-29(15-12-24)22(31)18-6-5-7-19-17(18)9-13-25-19/h5-7,9,13,16,21,25H,3-4,8,10-12,14-15H2,1-2H3. The lowest BCUT2D eigenvalue weighted by Crippen LogP contribution is -2.51. The molecule has 5 rings (SSSR count). The maximum atomic E-state index is 13.2. The van der Waals surface area contributed by atoms with Gasteiger partial charge in [-0.3, -0.25) is 9.59 Å². The van der Waals surface area contributed by atoms with E-state index >= 15 is 0 Å². The van der Waals surface area contributed by atoms with E-state index in [0.29, 0.717) is 18.8 Å². The highest BCUT2D eigenvalue weighted by molar-refractivity contribution is 6.06. The van der Waals surface area contributed by atoms with Crippen molar-refractivity contribution in [2.75, 3.05) is 26.2 Å². The lowest BCUT2D eigenvalue weighted by Gasteiger charge is -2.53. The molecule has 1 saturated carbocycles. The number of nitrogens with zero attached hydrogens (tertiary/aromatic N) is 5. The SMILES string of the molecule is CCN(CC)C(=O)c1cn(C2CCC23CCN(C(=O)c2cccc4[nH]ccc24)CC3)nn1. The second-order valence-corrected chi connectivity index (χ2v) is 9.01. The minimum Gasteiger partial charge on any atom is -0.361 e. The van der Waals surface area contributed by atoms with E-state index in [9.17, 15) is 9.59 Å². The fourth-order valence-corrected chi connectivity index (χ4v) is 5.48. The number of carbonyl (C=O) groups excluding carboxylic acids is 2. The second kappa shape index (κ2) is 8.07. The van der Waals surface area contributed by atoms with E-state index in [0.717, 1.165) is 55.2 Å². The number of piperidine rings is 1. The van der Waals surface area contributed by atoms with Crippen LogP contribution in [0.4, 0.5) is 0 Å². The zero-order valence-electron chi connectivity index (χ0n) is 18.8. The van der Waals surface area contributed by atoms with Gasteiger partial charge >= 0.3 is 0 Å². The average molecular weight is 435 g/mol. The van der Waals surface area contributed by atoms with E-state index in [1.165, 1.54) is 0 Å². The third-order valence-electron chi connectivity index (χ3n) is 7.59. The summed E-state index contributed by atoms with van der Waals surface area (Å²) in [5.41, 5.74) is 2.31. The van der Waals surface area contributed by atoms with Gasteiger partial charge < -0.3 is 14.8 Å². The number of H-pyrrole nitrogens is 1. The highest BCUT2D eigenvalue weighted by Gasteiger charge is 2.50. The van der Waals surface area contributed by atoms with Crippen LogP contribution >= 0.6 is 0 Å². The van der Waals surface area contributed by atoms with Crippen molar-refractivity contribution in [3.63, 3.8) is 0 Å². The largest absolute Gasteiger partial charge is 0.361 e. The topological polar surface area (TPSA) is 87.1 Å². The number of carbonyl (C=O) groups is 2. The van der Waals surface area contributed by atoms with Gasteiger partial charge in [0.2, 0.25) is 0 Å². The molecule has 1 N–H and O–H groups in total. The van der Waals surface area contributed by atoms with Crippen molar-refractivity contribution < 1.29 is 9.59 Å². The van der Waals surface area contributed by atoms with E-state index in [1.807, 2.05) is 60.1 Å². The molecule has 8 nitrogen and oxygen atoms in total. The summed E-state index contributed by atoms with van der Waals surface area (Å²) in [5.74, 6) is 0.0442. The summed E-state index contributed by atoms with van der Waals surface area (Å²) in [6, 6.07) is 8.06. The molecule has 32 heavy (non-hydrogen) atoms. The van der Waals surface area contributed by atoms with Crippen LogP contribution in [0.25, 0.3) is 10.9 Å². The summed E-state index contributed by atoms with van der Waals surface area (Å²) in [6.07, 6.45) is 7.77. The molecule has 1 unspecified atom stereocenters. The van der Waals surface area contributed by atoms with Crippen LogP contribution in [0.1, 0.15) is 66.4 Å². The van der Waals surface area contributed by atoms with Crippen LogP contribution in [0.5, 0.6) is 0 Å². The first-order valence-corrected chi connectivity index (χ1v) is 11.6. The monoisotopic (exact) mass is 434 g/mol. The summed E-state index contributed by atoms with van der Waals surface area (Å²) in [6.45, 7) is 6.76. The Labute approximate surface area is 187 Å². The van der Waals surface area contributed by atoms with E-state index in [1.54, 1.807) is 4.90 Å². The van der Waals surface area contributed by atoms with Crippen molar-refractivity contribution >= 4 is 22.7 Å². The van der Waals surface area contributed by atoms with Gasteiger partial charge in [0.25, 0.3) is 11.8 Å². The molecule has 0 bridgehead atoms. The van der Waals surface area contributed by atoms with Crippen LogP contribution in [-0.2, 0) is 0 Å². The number of hydrogen-bond donors (Lipinski definition) is 1. The first-order chi connectivity index (χ1) is 15.6. The zero-order chi connectivity index (χ0) is 22.3. The molecule has 2 fully saturated rings. The molecule has 2 aliphatic rings. The molecule has 1 spiro atoms. The molecule has 2 aromatic heterocycles. The number of likely N-dealkylation sites (tertiary alicyclic amines) is 1. The molecule has 8 heteroatoms. The van der Waals surface area contributed by atoms with Gasteiger partial charge in [-0.1, -0.05) is 11.3 Å². The summed E-state index contributed by atoms with van der Waals surface area (Å²) < 4.78 is 1.90. The molecule has 3 heterocycles. The summed E-state index contributed by atoms with van der Waals surface area (Å²) in [5, 5.41) is 9.48. The Bertz CT molecular complexity index is 1140. The summed E-state index contributed by atoms with van der Waals surface area (Å²) in [4.78, 5) is 32.8. The Kier molecular flexibility index (Phi) is 5.23. The van der Waals surface area contributed by atoms with E-state index < -0.39 is 0 Å². The van der Waals surface area contributed by atoms with Crippen LogP contribution in [-0.4, -0.2) is 67.8 Å². The van der Waals surface area contributed by atoms with E-state index in [2.05, 4.69) is 15.3 Å². The highest BCUT2D eigenvalue weighted by Crippen LogP contribution is 2.56. The van der Waals surface area contributed by atoms with E-state index in [4.69, 9.17) is 0 Å². The maximum absolute atomic E-state index is 13.2. The lowest BCUT2D eigenvalue weighted by molar-refractivity contribution is -0.0268. The number of fused-ring (bicyclic) bond motifs is 1. The number of amides is 2. The van der Waals surface area contributed by atoms with Crippen LogP contribution in [0.3, 0.4) is 0 Å². The van der Waals surface area contributed by atoms with Gasteiger partial charge in [-0.15, -0.1) is 5.10 Å². The molecule has 168 valence electrons. The lowest BCUT2D eigenvalue weighted by atomic mass is 9.59. The molecule has 1 aliphatic carbocycles. The van der Waals surface area contributed by atoms with Crippen molar-refractivity contribution in [3.8, 4) is 0 Å². The maximum Gasteiger partial charge on any atom is 0.276 e. The predicted molar refractivity (Wildman–Crippen MR) is 121 cm³/mol. The second-order valence-electron chi connectivity index (χ2n) is 9.01.